The molecule has 0 bridgehead atoms. The molecule has 0 amide bonds. The Hall–Kier alpha value is -14.2. The largest absolute Gasteiger partial charge is 4.00 e. The normalized spacial score (nSPS) is 14.1. The van der Waals surface area contributed by atoms with Gasteiger partial charge in [0.2, 0.25) is 0 Å². The Kier molecular flexibility index (Phi) is 29.3. The molecule has 0 unspecified atom stereocenters. The Bertz CT molecular complexity index is 8050. The third-order valence-corrected chi connectivity index (χ3v) is 31.8. The smallest absolute Gasteiger partial charge is 0.510 e. The summed E-state index contributed by atoms with van der Waals surface area (Å²) in [6, 6.07) is 167. The monoisotopic (exact) mass is 2670 g/mol. The van der Waals surface area contributed by atoms with E-state index in [9.17, 15) is 0 Å². The van der Waals surface area contributed by atoms with Crippen molar-refractivity contribution < 1.29 is 89.0 Å². The molecule has 0 saturated carbocycles. The zero-order valence-corrected chi connectivity index (χ0v) is 92.8. The first-order valence-corrected chi connectivity index (χ1v) is 51.9. The van der Waals surface area contributed by atoms with E-state index in [1.54, 1.807) is 11.8 Å². The molecule has 7 aliphatic rings. The molecular weight excluding hydrogens is 2580 g/mol. The van der Waals surface area contributed by atoms with Gasteiger partial charge in [-0.05, 0) is 161 Å². The second kappa shape index (κ2) is 42.9. The quantitative estimate of drug-likeness (QED) is 0.0682. The van der Waals surface area contributed by atoms with Gasteiger partial charge in [0.15, 0.2) is 0 Å². The molecule has 15 nitrogen and oxygen atoms in total. The van der Waals surface area contributed by atoms with Crippen molar-refractivity contribution in [1.29, 1.82) is 0 Å². The van der Waals surface area contributed by atoms with Crippen LogP contribution < -0.4 is 64.1 Å². The van der Waals surface area contributed by atoms with Gasteiger partial charge in [-0.1, -0.05) is 174 Å². The average molecular weight is 2670 g/mol. The second-order valence-electron chi connectivity index (χ2n) is 37.0. The predicted molar refractivity (Wildman–Crippen MR) is 593 cm³/mol. The minimum absolute atomic E-state index is 0. The molecule has 0 radical (unpaired) electrons. The first-order chi connectivity index (χ1) is 70.6. The Labute approximate surface area is 930 Å². The Morgan fingerprint density at radius 2 is 0.642 bits per heavy atom. The van der Waals surface area contributed by atoms with Crippen molar-refractivity contribution in [2.45, 2.75) is 28.3 Å². The standard InChI is InChI=1S/C37H28N4.C32H21N3O.C32H21N3S.C26H26N4Si.4Pt/c1-38-21-22-40(25-38)29-13-9-11-27(23-29)37(33-17-5-3-15-31(33)32-16-4-6-18-34(32)37)28-12-10-14-30(24-28)41-26-39(2)35-19-7-8-20-36(35)41;2*1-33-22-34(32-17-8-7-16-31(32)33)24-12-9-13-25(20-24)36-26-18-19-30-28(21-26)27-14-5-6-15-29(27)35(30)23-10-3-2-4-11-23;1-27-15-16-29(19-27)21-9-7-11-23(17-21)31(3,4)24-12-8-10-22(18-24)30-20-28(2)25-13-5-6-14-26(25)30;;;;/h3-22,25-26H,1-2H3;2*2-10,12-17,19,21-22H,1H3;5-16,19-20H,1-4H3;;;;/q4*-4;4*+4. The van der Waals surface area contributed by atoms with Crippen LogP contribution in [0.3, 0.4) is 0 Å². The maximum Gasteiger partial charge on any atom is 4.00 e. The van der Waals surface area contributed by atoms with E-state index in [4.69, 9.17) is 4.74 Å². The van der Waals surface area contributed by atoms with Crippen molar-refractivity contribution in [2.75, 3.05) is 91.3 Å². The van der Waals surface area contributed by atoms with Crippen LogP contribution in [0.5, 0.6) is 11.5 Å². The summed E-state index contributed by atoms with van der Waals surface area (Å²) in [7, 11) is 10.4. The zero-order valence-electron chi connectivity index (χ0n) is 81.9. The molecule has 18 aromatic carbocycles. The molecule has 0 atom stereocenters. The fraction of sp³-hybridized carbons (Fsp3) is 0.0709. The van der Waals surface area contributed by atoms with Gasteiger partial charge in [0.1, 0.15) is 0 Å². The van der Waals surface area contributed by atoms with Crippen LogP contribution in [0.1, 0.15) is 22.3 Å². The number of para-hydroxylation sites is 12. The summed E-state index contributed by atoms with van der Waals surface area (Å²) >= 11 is 1.69. The van der Waals surface area contributed by atoms with E-state index in [-0.39, 0.29) is 84.3 Å². The van der Waals surface area contributed by atoms with Crippen molar-refractivity contribution in [3.8, 4) is 34.0 Å². The summed E-state index contributed by atoms with van der Waals surface area (Å²) in [5.41, 5.74) is 28.6. The zero-order chi connectivity index (χ0) is 97.3. The number of hydrogen-bond donors (Lipinski definition) is 0. The average Bonchev–Trinajstić information content (AvgIpc) is 1.53. The van der Waals surface area contributed by atoms with Crippen LogP contribution in [0, 0.1) is 101 Å². The van der Waals surface area contributed by atoms with E-state index in [0.717, 1.165) is 116 Å². The molecule has 0 N–H and O–H groups in total. The minimum atomic E-state index is -1.99. The van der Waals surface area contributed by atoms with Gasteiger partial charge < -0.3 is 72.7 Å². The fourth-order valence-corrected chi connectivity index (χ4v) is 23.7. The van der Waals surface area contributed by atoms with Gasteiger partial charge in [-0.25, -0.2) is 0 Å². The maximum atomic E-state index is 6.28. The van der Waals surface area contributed by atoms with E-state index in [2.05, 4.69) is 532 Å². The molecule has 8 heterocycles. The summed E-state index contributed by atoms with van der Waals surface area (Å²) in [6.07, 6.45) is 8.23. The molecule has 0 saturated heterocycles. The molecule has 6 aliphatic heterocycles. The molecule has 0 spiro atoms. The van der Waals surface area contributed by atoms with E-state index in [0.29, 0.717) is 11.5 Å². The van der Waals surface area contributed by atoms with Gasteiger partial charge in [-0.3, -0.25) is 0 Å². The van der Waals surface area contributed by atoms with E-state index < -0.39 is 13.5 Å². The van der Waals surface area contributed by atoms with Crippen LogP contribution in [0.4, 0.5) is 79.6 Å². The van der Waals surface area contributed by atoms with Gasteiger partial charge in [0.05, 0.1) is 8.07 Å². The summed E-state index contributed by atoms with van der Waals surface area (Å²) in [5, 5.41) is 7.26. The van der Waals surface area contributed by atoms with Gasteiger partial charge in [-0.2, -0.15) is 226 Å². The van der Waals surface area contributed by atoms with E-state index >= 15 is 0 Å². The van der Waals surface area contributed by atoms with Crippen LogP contribution in [-0.4, -0.2) is 69.3 Å². The molecule has 27 rings (SSSR count). The van der Waals surface area contributed by atoms with E-state index in [1.807, 2.05) is 92.9 Å². The molecule has 0 fully saturated rings. The third-order valence-electron chi connectivity index (χ3n) is 27.6. The number of benzene rings is 18. The van der Waals surface area contributed by atoms with Crippen molar-refractivity contribution in [1.82, 2.24) is 18.9 Å². The summed E-state index contributed by atoms with van der Waals surface area (Å²) in [6.45, 7) is 17.3. The van der Waals surface area contributed by atoms with Crippen molar-refractivity contribution in [3.05, 3.63) is 524 Å². The Morgan fingerprint density at radius 1 is 0.277 bits per heavy atom. The van der Waals surface area contributed by atoms with Crippen molar-refractivity contribution in [3.63, 3.8) is 0 Å². The van der Waals surface area contributed by atoms with Gasteiger partial charge in [0.25, 0.3) is 0 Å². The Balaban J connectivity index is 0.000000119. The predicted octanol–water partition coefficient (Wildman–Crippen LogP) is 27.6. The topological polar surface area (TPSA) is 58.0 Å². The van der Waals surface area contributed by atoms with Crippen LogP contribution in [0.25, 0.3) is 66.1 Å². The molecule has 21 heteroatoms. The molecular formula is C127H96N14OPt4SSi. The number of rotatable bonds is 16. The van der Waals surface area contributed by atoms with Crippen molar-refractivity contribution >= 4 is 153 Å². The first-order valence-electron chi connectivity index (χ1n) is 48.1. The minimum Gasteiger partial charge on any atom is -0.510 e. The SMILES string of the molecule is CN1C=CN(c2[c-]c(C3(c4[c-]c(N5[CH-]N(C)c6ccccc65)ccc4)c4ccccc4-c4ccccc43)ccc2)[CH-]1.CN1C=CN(c2[c-]c([Si](C)(C)c3[c-]c(N4[CH-]N(C)c5ccccc54)ccc3)ccc2)[CH-]1.CN1[CH-]N(c2[c-]c(Oc3[c-]cc4c(c3)c3ccccc3n4-c3[c-]cccc3)ccc2)c2ccccc21.CN1[CH-]N(c2[c-]c(Sc3[c-]cc4c(c3)c3ccccc3n4-c3[c-]cccc3)ccc2)c2ccccc21.[Pt+4].[Pt+4].[Pt+4].[Pt+4]. The maximum absolute atomic E-state index is 6.28. The molecule has 2 aromatic heterocycles. The van der Waals surface area contributed by atoms with Crippen LogP contribution >= 0.6 is 11.8 Å². The van der Waals surface area contributed by atoms with Gasteiger partial charge in [0, 0.05) is 73.4 Å². The third kappa shape index (κ3) is 18.8. The summed E-state index contributed by atoms with van der Waals surface area (Å²) < 4.78 is 10.8. The van der Waals surface area contributed by atoms with Crippen LogP contribution in [0.2, 0.25) is 13.1 Å². The number of hydrogen-bond acceptors (Lipinski definition) is 14. The molecule has 1 aliphatic carbocycles. The van der Waals surface area contributed by atoms with E-state index in [1.165, 1.54) is 71.7 Å². The molecule has 148 heavy (non-hydrogen) atoms. The number of fused-ring (bicyclic) bond motifs is 13. The molecule has 20 aromatic rings. The first kappa shape index (κ1) is 101. The van der Waals surface area contributed by atoms with Gasteiger partial charge >= 0.3 is 84.3 Å². The summed E-state index contributed by atoms with van der Waals surface area (Å²) in [4.78, 5) is 27.8. The number of aromatic nitrogens is 2. The van der Waals surface area contributed by atoms with Crippen LogP contribution in [0.15, 0.2) is 411 Å². The van der Waals surface area contributed by atoms with Crippen LogP contribution in [-0.2, 0) is 89.7 Å². The van der Waals surface area contributed by atoms with Gasteiger partial charge in [-0.15, -0.1) is 139 Å². The Morgan fingerprint density at radius 3 is 1.11 bits per heavy atom. The number of nitrogens with zero attached hydrogens (tertiary/aromatic N) is 14. The second-order valence-corrected chi connectivity index (χ2v) is 42.4. The fourth-order valence-electron chi connectivity index (χ4n) is 20.7. The molecule has 730 valence electrons. The summed E-state index contributed by atoms with van der Waals surface area (Å²) in [5.74, 6) is 1.29. The number of ether oxygens (including phenoxy) is 1. The van der Waals surface area contributed by atoms with Crippen molar-refractivity contribution in [2.24, 2.45) is 0 Å². The number of anilines is 14.